The van der Waals surface area contributed by atoms with Crippen LogP contribution >= 0.6 is 0 Å². The molecule has 3 aromatic rings. The number of imidazole rings is 1. The number of aromatic nitrogens is 4. The van der Waals surface area contributed by atoms with Gasteiger partial charge in [-0.15, -0.1) is 0 Å². The van der Waals surface area contributed by atoms with E-state index in [9.17, 15) is 9.90 Å². The van der Waals surface area contributed by atoms with Gasteiger partial charge in [-0.3, -0.25) is 9.78 Å². The maximum Gasteiger partial charge on any atom is 0.271 e. The minimum atomic E-state index is -0.273. The van der Waals surface area contributed by atoms with E-state index >= 15 is 0 Å². The second-order valence-corrected chi connectivity index (χ2v) is 6.43. The highest BCUT2D eigenvalue weighted by Gasteiger charge is 2.35. The van der Waals surface area contributed by atoms with Gasteiger partial charge >= 0.3 is 0 Å². The van der Waals surface area contributed by atoms with E-state index in [2.05, 4.69) is 20.4 Å². The lowest BCUT2D eigenvalue weighted by Crippen LogP contribution is -2.48. The van der Waals surface area contributed by atoms with E-state index in [4.69, 9.17) is 0 Å². The van der Waals surface area contributed by atoms with Crippen LogP contribution in [-0.2, 0) is 6.42 Å². The van der Waals surface area contributed by atoms with Crippen LogP contribution in [0.15, 0.2) is 48.9 Å². The molecule has 1 atom stereocenters. The van der Waals surface area contributed by atoms with Gasteiger partial charge in [0, 0.05) is 30.6 Å². The molecule has 1 saturated carbocycles. The van der Waals surface area contributed by atoms with Gasteiger partial charge in [-0.2, -0.15) is 5.10 Å². The van der Waals surface area contributed by atoms with Crippen molar-refractivity contribution in [2.24, 2.45) is 5.92 Å². The third-order valence-corrected chi connectivity index (χ3v) is 4.70. The van der Waals surface area contributed by atoms with Crippen molar-refractivity contribution in [3.8, 4) is 0 Å². The zero-order valence-corrected chi connectivity index (χ0v) is 13.6. The smallest absolute Gasteiger partial charge is 0.271 e. The Hall–Kier alpha value is -2.80. The number of pyridine rings is 1. The summed E-state index contributed by atoms with van der Waals surface area (Å²) < 4.78 is 1.53. The second-order valence-electron chi connectivity index (χ2n) is 6.43. The quantitative estimate of drug-likeness (QED) is 0.731. The number of amides is 1. The molecule has 2 N–H and O–H groups in total. The number of carbonyl (C=O) groups excluding carboxylic acids is 1. The Kier molecular flexibility index (Phi) is 4.15. The molecule has 4 rings (SSSR count). The largest absolute Gasteiger partial charge is 0.393 e. The van der Waals surface area contributed by atoms with Gasteiger partial charge in [-0.25, -0.2) is 9.50 Å². The van der Waals surface area contributed by atoms with E-state index in [0.717, 1.165) is 5.69 Å². The zero-order valence-electron chi connectivity index (χ0n) is 13.6. The van der Waals surface area contributed by atoms with Crippen molar-refractivity contribution in [3.05, 3.63) is 60.3 Å². The Morgan fingerprint density at radius 2 is 2.12 bits per heavy atom. The van der Waals surface area contributed by atoms with Gasteiger partial charge in [0.25, 0.3) is 5.91 Å². The topological polar surface area (TPSA) is 92.4 Å². The average Bonchev–Trinajstić information content (AvgIpc) is 3.03. The highest BCUT2D eigenvalue weighted by Crippen LogP contribution is 2.31. The first-order valence-electron chi connectivity index (χ1n) is 8.38. The summed E-state index contributed by atoms with van der Waals surface area (Å²) in [5.41, 5.74) is 1.96. The first-order chi connectivity index (χ1) is 12.2. The molecule has 128 valence electrons. The number of fused-ring (bicyclic) bond motifs is 1. The highest BCUT2D eigenvalue weighted by atomic mass is 16.3. The van der Waals surface area contributed by atoms with Crippen LogP contribution in [0.5, 0.6) is 0 Å². The number of nitrogens with one attached hydrogen (secondary N) is 1. The van der Waals surface area contributed by atoms with Crippen LogP contribution in [0.3, 0.4) is 0 Å². The number of hydrogen-bond donors (Lipinski definition) is 2. The molecule has 1 aliphatic carbocycles. The summed E-state index contributed by atoms with van der Waals surface area (Å²) in [5.74, 6) is 0.0293. The molecule has 3 aromatic heterocycles. The van der Waals surface area contributed by atoms with Gasteiger partial charge in [0.15, 0.2) is 5.65 Å². The molecule has 7 nitrogen and oxygen atoms in total. The lowest BCUT2D eigenvalue weighted by atomic mass is 9.76. The van der Waals surface area contributed by atoms with Crippen molar-refractivity contribution in [3.63, 3.8) is 0 Å². The first-order valence-corrected chi connectivity index (χ1v) is 8.38. The number of carbonyl (C=O) groups is 1. The molecular formula is C18H19N5O2. The molecule has 0 unspecified atom stereocenters. The van der Waals surface area contributed by atoms with Crippen molar-refractivity contribution in [1.82, 2.24) is 24.9 Å². The summed E-state index contributed by atoms with van der Waals surface area (Å²) >= 11 is 0. The molecule has 0 saturated heterocycles. The summed E-state index contributed by atoms with van der Waals surface area (Å²) in [6, 6.07) is 9.25. The normalized spacial score (nSPS) is 20.8. The molecular weight excluding hydrogens is 318 g/mol. The lowest BCUT2D eigenvalue weighted by molar-refractivity contribution is 0.0237. The maximum atomic E-state index is 12.8. The molecule has 7 heteroatoms. The zero-order chi connectivity index (χ0) is 17.2. The number of aliphatic hydroxyl groups is 1. The summed E-state index contributed by atoms with van der Waals surface area (Å²) in [4.78, 5) is 21.3. The Balaban J connectivity index is 1.54. The molecule has 1 fully saturated rings. The van der Waals surface area contributed by atoms with Gasteiger partial charge in [0.2, 0.25) is 0 Å². The fourth-order valence-electron chi connectivity index (χ4n) is 3.26. The fraction of sp³-hybridized carbons (Fsp3) is 0.333. The van der Waals surface area contributed by atoms with E-state index in [0.29, 0.717) is 30.6 Å². The number of rotatable bonds is 5. The van der Waals surface area contributed by atoms with Crippen LogP contribution < -0.4 is 5.32 Å². The predicted molar refractivity (Wildman–Crippen MR) is 90.9 cm³/mol. The lowest BCUT2D eigenvalue weighted by Gasteiger charge is -2.38. The van der Waals surface area contributed by atoms with E-state index in [1.165, 1.54) is 10.7 Å². The third-order valence-electron chi connectivity index (χ3n) is 4.70. The first kappa shape index (κ1) is 15.7. The highest BCUT2D eigenvalue weighted by molar-refractivity contribution is 5.93. The minimum Gasteiger partial charge on any atom is -0.393 e. The molecule has 0 aromatic carbocycles. The third kappa shape index (κ3) is 3.23. The average molecular weight is 337 g/mol. The molecule has 1 aliphatic rings. The van der Waals surface area contributed by atoms with Crippen LogP contribution in [0.2, 0.25) is 0 Å². The molecule has 0 radical (unpaired) electrons. The van der Waals surface area contributed by atoms with Crippen LogP contribution in [0, 0.1) is 5.92 Å². The van der Waals surface area contributed by atoms with Crippen molar-refractivity contribution in [2.45, 2.75) is 31.4 Å². The molecule has 25 heavy (non-hydrogen) atoms. The van der Waals surface area contributed by atoms with Gasteiger partial charge in [-0.1, -0.05) is 6.07 Å². The Bertz CT molecular complexity index is 873. The number of aliphatic hydroxyl groups excluding tert-OH is 1. The Labute approximate surface area is 144 Å². The summed E-state index contributed by atoms with van der Waals surface area (Å²) in [6.45, 7) is 0. The second kappa shape index (κ2) is 6.60. The van der Waals surface area contributed by atoms with E-state index < -0.39 is 0 Å². The van der Waals surface area contributed by atoms with Gasteiger partial charge in [0.05, 0.1) is 12.3 Å². The molecule has 0 spiro atoms. The van der Waals surface area contributed by atoms with Crippen molar-refractivity contribution in [2.75, 3.05) is 0 Å². The summed E-state index contributed by atoms with van der Waals surface area (Å²) in [5, 5.41) is 16.9. The molecule has 3 heterocycles. The van der Waals surface area contributed by atoms with Gasteiger partial charge in [-0.05, 0) is 43.0 Å². The summed E-state index contributed by atoms with van der Waals surface area (Å²) in [7, 11) is 0. The predicted octanol–water partition coefficient (Wildman–Crippen LogP) is 1.24. The molecule has 0 bridgehead atoms. The Morgan fingerprint density at radius 1 is 1.24 bits per heavy atom. The van der Waals surface area contributed by atoms with Crippen LogP contribution in [0.1, 0.15) is 29.0 Å². The standard InChI is InChI=1S/C18H19N5O2/c24-14-8-12(9-14)15(10-13-4-1-2-6-19-13)22-18(25)16-11-20-17-5-3-7-21-23(16)17/h1-7,11-12,14-15,24H,8-10H2,(H,22,25)/t12?,14?,15-/m1/s1. The van der Waals surface area contributed by atoms with E-state index in [1.54, 1.807) is 24.5 Å². The van der Waals surface area contributed by atoms with Crippen molar-refractivity contribution >= 4 is 11.6 Å². The van der Waals surface area contributed by atoms with Crippen molar-refractivity contribution < 1.29 is 9.90 Å². The fourth-order valence-corrected chi connectivity index (χ4v) is 3.26. The van der Waals surface area contributed by atoms with Crippen LogP contribution in [-0.4, -0.2) is 42.7 Å². The maximum absolute atomic E-state index is 12.8. The molecule has 1 amide bonds. The van der Waals surface area contributed by atoms with Crippen LogP contribution in [0.25, 0.3) is 5.65 Å². The monoisotopic (exact) mass is 337 g/mol. The van der Waals surface area contributed by atoms with Gasteiger partial charge in [0.1, 0.15) is 5.69 Å². The SMILES string of the molecule is O=C(N[C@H](Cc1ccccn1)C1CC(O)C1)c1cnc2cccnn12. The van der Waals surface area contributed by atoms with Crippen molar-refractivity contribution in [1.29, 1.82) is 0 Å². The van der Waals surface area contributed by atoms with E-state index in [1.807, 2.05) is 18.2 Å². The number of hydrogen-bond acceptors (Lipinski definition) is 5. The van der Waals surface area contributed by atoms with E-state index in [-0.39, 0.29) is 24.0 Å². The Morgan fingerprint density at radius 3 is 2.88 bits per heavy atom. The van der Waals surface area contributed by atoms with Crippen LogP contribution in [0.4, 0.5) is 0 Å². The molecule has 0 aliphatic heterocycles. The van der Waals surface area contributed by atoms with Gasteiger partial charge < -0.3 is 10.4 Å². The minimum absolute atomic E-state index is 0.0833. The summed E-state index contributed by atoms with van der Waals surface area (Å²) in [6.07, 6.45) is 6.66. The number of nitrogens with zero attached hydrogens (tertiary/aromatic N) is 4.